The number of guanidine groups is 1. The number of thioether (sulfide) groups is 1. The third-order valence-corrected chi connectivity index (χ3v) is 5.58. The van der Waals surface area contributed by atoms with Crippen molar-refractivity contribution in [3.05, 3.63) is 30.3 Å². The Bertz CT molecular complexity index is 503. The Morgan fingerprint density at radius 3 is 2.72 bits per heavy atom. The smallest absolute Gasteiger partial charge is 0.193 e. The number of nitrogens with one attached hydrogen (secondary N) is 1. The van der Waals surface area contributed by atoms with Gasteiger partial charge in [0.15, 0.2) is 5.96 Å². The van der Waals surface area contributed by atoms with E-state index in [0.717, 1.165) is 44.7 Å². The first-order chi connectivity index (χ1) is 12.2. The molecule has 0 saturated carbocycles. The molecule has 25 heavy (non-hydrogen) atoms. The molecule has 5 heteroatoms. The van der Waals surface area contributed by atoms with E-state index in [2.05, 4.69) is 61.4 Å². The molecule has 1 aromatic rings. The first kappa shape index (κ1) is 20.1. The summed E-state index contributed by atoms with van der Waals surface area (Å²) in [5.74, 6) is 1.82. The molecule has 1 unspecified atom stereocenters. The van der Waals surface area contributed by atoms with E-state index in [1.807, 2.05) is 11.8 Å². The van der Waals surface area contributed by atoms with E-state index in [1.165, 1.54) is 24.2 Å². The Kier molecular flexibility index (Phi) is 9.19. The van der Waals surface area contributed by atoms with Crippen molar-refractivity contribution in [3.8, 4) is 0 Å². The molecule has 1 heterocycles. The van der Waals surface area contributed by atoms with Crippen molar-refractivity contribution in [2.24, 2.45) is 10.9 Å². The summed E-state index contributed by atoms with van der Waals surface area (Å²) in [6.45, 7) is 9.01. The molecule has 1 fully saturated rings. The molecule has 0 aromatic heterocycles. The number of benzene rings is 1. The molecule has 140 valence electrons. The van der Waals surface area contributed by atoms with Gasteiger partial charge in [0.05, 0.1) is 6.54 Å². The van der Waals surface area contributed by atoms with Crippen LogP contribution in [-0.2, 0) is 4.74 Å². The van der Waals surface area contributed by atoms with Gasteiger partial charge in [0.2, 0.25) is 0 Å². The number of aliphatic imine (C=N–C) groups is 1. The highest BCUT2D eigenvalue weighted by Crippen LogP contribution is 2.23. The minimum absolute atomic E-state index is 0.458. The lowest BCUT2D eigenvalue weighted by Gasteiger charge is -2.27. The molecule has 1 aliphatic heterocycles. The summed E-state index contributed by atoms with van der Waals surface area (Å²) >= 11 is 1.88. The van der Waals surface area contributed by atoms with Crippen molar-refractivity contribution >= 4 is 17.7 Å². The molecule has 1 aliphatic rings. The van der Waals surface area contributed by atoms with Gasteiger partial charge in [0.1, 0.15) is 0 Å². The standard InChI is InChI=1S/C20H33N3OS/c1-4-21-20(23(3)13-10-18-11-14-24-15-12-18)22-16-17(2)25-19-8-6-5-7-9-19/h5-9,17-18H,4,10-16H2,1-3H3,(H,21,22). The lowest BCUT2D eigenvalue weighted by atomic mass is 9.96. The minimum Gasteiger partial charge on any atom is -0.381 e. The monoisotopic (exact) mass is 363 g/mol. The fourth-order valence-electron chi connectivity index (χ4n) is 2.97. The van der Waals surface area contributed by atoms with E-state index in [1.54, 1.807) is 0 Å². The molecular weight excluding hydrogens is 330 g/mol. The van der Waals surface area contributed by atoms with Crippen LogP contribution < -0.4 is 5.32 Å². The largest absolute Gasteiger partial charge is 0.381 e. The average Bonchev–Trinajstić information content (AvgIpc) is 2.65. The Hall–Kier alpha value is -1.20. The first-order valence-electron chi connectivity index (χ1n) is 9.48. The van der Waals surface area contributed by atoms with E-state index < -0.39 is 0 Å². The molecule has 0 amide bonds. The fourth-order valence-corrected chi connectivity index (χ4v) is 3.90. The van der Waals surface area contributed by atoms with Crippen LogP contribution in [0.5, 0.6) is 0 Å². The van der Waals surface area contributed by atoms with Crippen molar-refractivity contribution in [1.82, 2.24) is 10.2 Å². The normalized spacial score (nSPS) is 17.3. The zero-order valence-corrected chi connectivity index (χ0v) is 16.7. The molecule has 0 aliphatic carbocycles. The van der Waals surface area contributed by atoms with Crippen molar-refractivity contribution < 1.29 is 4.74 Å². The van der Waals surface area contributed by atoms with E-state index in [-0.39, 0.29) is 0 Å². The van der Waals surface area contributed by atoms with Gasteiger partial charge in [0, 0.05) is 43.5 Å². The SMILES string of the molecule is CCNC(=NCC(C)Sc1ccccc1)N(C)CCC1CCOCC1. The zero-order valence-electron chi connectivity index (χ0n) is 15.9. The van der Waals surface area contributed by atoms with Crippen LogP contribution in [0.25, 0.3) is 0 Å². The van der Waals surface area contributed by atoms with Crippen LogP contribution in [0, 0.1) is 5.92 Å². The number of nitrogens with zero attached hydrogens (tertiary/aromatic N) is 2. The summed E-state index contributed by atoms with van der Waals surface area (Å²) in [7, 11) is 2.15. The van der Waals surface area contributed by atoms with Gasteiger partial charge in [-0.15, -0.1) is 11.8 Å². The third kappa shape index (κ3) is 7.70. The summed E-state index contributed by atoms with van der Waals surface area (Å²) in [5, 5.41) is 3.89. The highest BCUT2D eigenvalue weighted by atomic mass is 32.2. The van der Waals surface area contributed by atoms with Gasteiger partial charge in [-0.25, -0.2) is 0 Å². The molecular formula is C20H33N3OS. The van der Waals surface area contributed by atoms with E-state index >= 15 is 0 Å². The highest BCUT2D eigenvalue weighted by molar-refractivity contribution is 8.00. The Morgan fingerprint density at radius 1 is 1.32 bits per heavy atom. The van der Waals surface area contributed by atoms with Crippen LogP contribution in [0.4, 0.5) is 0 Å². The molecule has 0 radical (unpaired) electrons. The molecule has 1 atom stereocenters. The fraction of sp³-hybridized carbons (Fsp3) is 0.650. The summed E-state index contributed by atoms with van der Waals surface area (Å²) in [6.07, 6.45) is 3.62. The third-order valence-electron chi connectivity index (χ3n) is 4.49. The molecule has 1 saturated heterocycles. The lowest BCUT2D eigenvalue weighted by Crippen LogP contribution is -2.40. The van der Waals surface area contributed by atoms with Crippen LogP contribution in [0.2, 0.25) is 0 Å². The molecule has 0 spiro atoms. The zero-order chi connectivity index (χ0) is 17.9. The molecule has 1 N–H and O–H groups in total. The Morgan fingerprint density at radius 2 is 2.04 bits per heavy atom. The van der Waals surface area contributed by atoms with Gasteiger partial charge in [-0.2, -0.15) is 0 Å². The maximum absolute atomic E-state index is 5.45. The predicted octanol–water partition coefficient (Wildman–Crippen LogP) is 3.88. The van der Waals surface area contributed by atoms with Crippen LogP contribution in [-0.4, -0.2) is 56.0 Å². The minimum atomic E-state index is 0.458. The number of hydrogen-bond acceptors (Lipinski definition) is 3. The van der Waals surface area contributed by atoms with Gasteiger partial charge < -0.3 is 15.0 Å². The maximum Gasteiger partial charge on any atom is 0.193 e. The second-order valence-electron chi connectivity index (χ2n) is 6.70. The van der Waals surface area contributed by atoms with Crippen molar-refractivity contribution in [1.29, 1.82) is 0 Å². The predicted molar refractivity (Wildman–Crippen MR) is 109 cm³/mol. The second-order valence-corrected chi connectivity index (χ2v) is 8.21. The lowest BCUT2D eigenvalue weighted by molar-refractivity contribution is 0.0625. The van der Waals surface area contributed by atoms with Crippen LogP contribution in [0.1, 0.15) is 33.1 Å². The van der Waals surface area contributed by atoms with E-state index in [4.69, 9.17) is 9.73 Å². The highest BCUT2D eigenvalue weighted by Gasteiger charge is 2.15. The van der Waals surface area contributed by atoms with Gasteiger partial charge in [-0.3, -0.25) is 4.99 Å². The number of hydrogen-bond donors (Lipinski definition) is 1. The molecule has 0 bridgehead atoms. The summed E-state index contributed by atoms with van der Waals surface area (Å²) in [6, 6.07) is 10.6. The summed E-state index contributed by atoms with van der Waals surface area (Å²) in [4.78, 5) is 8.44. The van der Waals surface area contributed by atoms with Gasteiger partial charge >= 0.3 is 0 Å². The Labute approximate surface area is 157 Å². The Balaban J connectivity index is 1.81. The second kappa shape index (κ2) is 11.4. The molecule has 2 rings (SSSR count). The van der Waals surface area contributed by atoms with Crippen molar-refractivity contribution in [2.75, 3.05) is 39.9 Å². The van der Waals surface area contributed by atoms with Crippen LogP contribution in [0.15, 0.2) is 40.2 Å². The van der Waals surface area contributed by atoms with Crippen LogP contribution >= 0.6 is 11.8 Å². The van der Waals surface area contributed by atoms with Gasteiger partial charge in [-0.05, 0) is 44.2 Å². The van der Waals surface area contributed by atoms with Crippen molar-refractivity contribution in [3.63, 3.8) is 0 Å². The topological polar surface area (TPSA) is 36.9 Å². The summed E-state index contributed by atoms with van der Waals surface area (Å²) in [5.41, 5.74) is 0. The van der Waals surface area contributed by atoms with Crippen molar-refractivity contribution in [2.45, 2.75) is 43.3 Å². The number of rotatable bonds is 8. The molecule has 1 aromatic carbocycles. The van der Waals surface area contributed by atoms with E-state index in [0.29, 0.717) is 5.25 Å². The summed E-state index contributed by atoms with van der Waals surface area (Å²) < 4.78 is 5.45. The van der Waals surface area contributed by atoms with Gasteiger partial charge in [0.25, 0.3) is 0 Å². The van der Waals surface area contributed by atoms with E-state index in [9.17, 15) is 0 Å². The van der Waals surface area contributed by atoms with Crippen LogP contribution in [0.3, 0.4) is 0 Å². The quantitative estimate of drug-likeness (QED) is 0.432. The maximum atomic E-state index is 5.45. The van der Waals surface area contributed by atoms with Gasteiger partial charge in [-0.1, -0.05) is 25.1 Å². The average molecular weight is 364 g/mol. The molecule has 4 nitrogen and oxygen atoms in total. The number of ether oxygens (including phenoxy) is 1. The first-order valence-corrected chi connectivity index (χ1v) is 10.4.